The van der Waals surface area contributed by atoms with Gasteiger partial charge in [-0.15, -0.1) is 0 Å². The fourth-order valence-electron chi connectivity index (χ4n) is 1.41. The number of hydrogen-bond donors (Lipinski definition) is 1. The molecular weight excluding hydrogens is 228 g/mol. The Hall–Kier alpha value is -1.86. The van der Waals surface area contributed by atoms with Crippen LogP contribution in [0.2, 0.25) is 0 Å². The zero-order chi connectivity index (χ0) is 13.0. The minimum Gasteiger partial charge on any atom is -0.493 e. The van der Waals surface area contributed by atoms with Crippen molar-refractivity contribution in [2.45, 2.75) is 13.0 Å². The Bertz CT molecular complexity index is 421. The van der Waals surface area contributed by atoms with Gasteiger partial charge in [0.15, 0.2) is 5.75 Å². The predicted molar refractivity (Wildman–Crippen MR) is 59.9 cm³/mol. The SMILES string of the molecule is COc1cc(C(C)ON)cc([N+](=O)[O-])c1OC. The van der Waals surface area contributed by atoms with Gasteiger partial charge in [-0.05, 0) is 18.6 Å². The maximum absolute atomic E-state index is 10.9. The Balaban J connectivity index is 3.39. The van der Waals surface area contributed by atoms with Crippen LogP contribution in [0, 0.1) is 10.1 Å². The van der Waals surface area contributed by atoms with Gasteiger partial charge in [-0.2, -0.15) is 0 Å². The molecule has 0 saturated carbocycles. The van der Waals surface area contributed by atoms with Gasteiger partial charge in [-0.25, -0.2) is 5.90 Å². The molecule has 0 amide bonds. The number of methoxy groups -OCH3 is 2. The van der Waals surface area contributed by atoms with Gasteiger partial charge in [-0.3, -0.25) is 15.0 Å². The van der Waals surface area contributed by atoms with Crippen LogP contribution in [0.15, 0.2) is 12.1 Å². The number of ether oxygens (including phenoxy) is 2. The summed E-state index contributed by atoms with van der Waals surface area (Å²) in [5.74, 6) is 5.39. The van der Waals surface area contributed by atoms with Crippen LogP contribution in [-0.4, -0.2) is 19.1 Å². The van der Waals surface area contributed by atoms with Crippen LogP contribution in [0.1, 0.15) is 18.6 Å². The highest BCUT2D eigenvalue weighted by Crippen LogP contribution is 2.39. The lowest BCUT2D eigenvalue weighted by Crippen LogP contribution is -2.07. The van der Waals surface area contributed by atoms with Gasteiger partial charge < -0.3 is 9.47 Å². The van der Waals surface area contributed by atoms with Crippen molar-refractivity contribution in [3.05, 3.63) is 27.8 Å². The first-order valence-corrected chi connectivity index (χ1v) is 4.81. The van der Waals surface area contributed by atoms with E-state index in [9.17, 15) is 10.1 Å². The molecule has 0 heterocycles. The molecule has 7 nitrogen and oxygen atoms in total. The standard InChI is InChI=1S/C10H14N2O5/c1-6(17-11)7-4-8(12(13)14)10(16-3)9(5-7)15-2/h4-6H,11H2,1-3H3. The predicted octanol–water partition coefficient (Wildman–Crippen LogP) is 1.56. The van der Waals surface area contributed by atoms with E-state index in [4.69, 9.17) is 15.4 Å². The first-order valence-electron chi connectivity index (χ1n) is 4.81. The Morgan fingerprint density at radius 2 is 2.00 bits per heavy atom. The van der Waals surface area contributed by atoms with E-state index in [1.807, 2.05) is 0 Å². The van der Waals surface area contributed by atoms with Crippen LogP contribution in [0.3, 0.4) is 0 Å². The van der Waals surface area contributed by atoms with Crippen LogP contribution in [0.25, 0.3) is 0 Å². The molecule has 1 unspecified atom stereocenters. The summed E-state index contributed by atoms with van der Waals surface area (Å²) in [7, 11) is 2.74. The quantitative estimate of drug-likeness (QED) is 0.621. The lowest BCUT2D eigenvalue weighted by Gasteiger charge is -2.13. The third-order valence-corrected chi connectivity index (χ3v) is 2.35. The van der Waals surface area contributed by atoms with Gasteiger partial charge in [0.2, 0.25) is 5.75 Å². The first kappa shape index (κ1) is 13.2. The number of nitro groups is 1. The number of benzene rings is 1. The molecule has 1 atom stereocenters. The Morgan fingerprint density at radius 1 is 1.35 bits per heavy atom. The summed E-state index contributed by atoms with van der Waals surface area (Å²) in [5.41, 5.74) is 0.350. The molecule has 94 valence electrons. The highest BCUT2D eigenvalue weighted by molar-refractivity contribution is 5.58. The highest BCUT2D eigenvalue weighted by atomic mass is 16.6. The normalized spacial score (nSPS) is 12.0. The molecule has 0 aliphatic carbocycles. The van der Waals surface area contributed by atoms with Crippen molar-refractivity contribution >= 4 is 5.69 Å². The lowest BCUT2D eigenvalue weighted by atomic mass is 10.1. The van der Waals surface area contributed by atoms with Crippen molar-refractivity contribution in [2.75, 3.05) is 14.2 Å². The Kier molecular flexibility index (Phi) is 4.24. The van der Waals surface area contributed by atoms with E-state index in [-0.39, 0.29) is 17.2 Å². The number of rotatable bonds is 5. The summed E-state index contributed by atoms with van der Waals surface area (Å²) >= 11 is 0. The Labute approximate surface area is 98.2 Å². The molecule has 0 saturated heterocycles. The molecule has 0 spiro atoms. The molecule has 0 aliphatic heterocycles. The summed E-state index contributed by atoms with van der Waals surface area (Å²) in [4.78, 5) is 15.0. The van der Waals surface area contributed by atoms with E-state index in [1.165, 1.54) is 20.3 Å². The third-order valence-electron chi connectivity index (χ3n) is 2.35. The molecule has 1 aromatic rings. The van der Waals surface area contributed by atoms with Crippen LogP contribution in [0.4, 0.5) is 5.69 Å². The number of hydrogen-bond acceptors (Lipinski definition) is 6. The molecule has 0 aromatic heterocycles. The summed E-state index contributed by atoms with van der Waals surface area (Å²) < 4.78 is 9.99. The maximum Gasteiger partial charge on any atom is 0.315 e. The summed E-state index contributed by atoms with van der Waals surface area (Å²) in [6, 6.07) is 2.93. The van der Waals surface area contributed by atoms with Gasteiger partial charge in [0.05, 0.1) is 19.1 Å². The van der Waals surface area contributed by atoms with E-state index in [1.54, 1.807) is 13.0 Å². The lowest BCUT2D eigenvalue weighted by molar-refractivity contribution is -0.385. The largest absolute Gasteiger partial charge is 0.493 e. The fourth-order valence-corrected chi connectivity index (χ4v) is 1.41. The number of nitro benzene ring substituents is 1. The van der Waals surface area contributed by atoms with Crippen molar-refractivity contribution in [2.24, 2.45) is 5.90 Å². The monoisotopic (exact) mass is 242 g/mol. The smallest absolute Gasteiger partial charge is 0.315 e. The first-order chi connectivity index (χ1) is 8.04. The molecule has 0 radical (unpaired) electrons. The second-order valence-corrected chi connectivity index (χ2v) is 3.31. The maximum atomic E-state index is 10.9. The van der Waals surface area contributed by atoms with Crippen molar-refractivity contribution in [3.8, 4) is 11.5 Å². The topological polar surface area (TPSA) is 96.9 Å². The third kappa shape index (κ3) is 2.63. The van der Waals surface area contributed by atoms with Gasteiger partial charge in [0.25, 0.3) is 0 Å². The van der Waals surface area contributed by atoms with Gasteiger partial charge >= 0.3 is 5.69 Å². The molecule has 1 rings (SSSR count). The van der Waals surface area contributed by atoms with Crippen LogP contribution >= 0.6 is 0 Å². The van der Waals surface area contributed by atoms with E-state index in [2.05, 4.69) is 4.84 Å². The van der Waals surface area contributed by atoms with Gasteiger partial charge in [0.1, 0.15) is 6.10 Å². The molecule has 17 heavy (non-hydrogen) atoms. The van der Waals surface area contributed by atoms with Crippen molar-refractivity contribution in [1.29, 1.82) is 0 Å². The summed E-state index contributed by atoms with van der Waals surface area (Å²) in [6.45, 7) is 1.67. The summed E-state index contributed by atoms with van der Waals surface area (Å²) in [6.07, 6.45) is -0.478. The zero-order valence-corrected chi connectivity index (χ0v) is 9.80. The highest BCUT2D eigenvalue weighted by Gasteiger charge is 2.23. The zero-order valence-electron chi connectivity index (χ0n) is 9.80. The summed E-state index contributed by atoms with van der Waals surface area (Å²) in [5, 5.41) is 10.9. The minimum atomic E-state index is -0.548. The van der Waals surface area contributed by atoms with Crippen LogP contribution < -0.4 is 15.4 Å². The Morgan fingerprint density at radius 3 is 2.41 bits per heavy atom. The second kappa shape index (κ2) is 5.46. The average Bonchev–Trinajstić information content (AvgIpc) is 2.35. The van der Waals surface area contributed by atoms with Crippen LogP contribution in [0.5, 0.6) is 11.5 Å². The molecule has 0 aliphatic rings. The fraction of sp³-hybridized carbons (Fsp3) is 0.400. The van der Waals surface area contributed by atoms with Crippen molar-refractivity contribution in [1.82, 2.24) is 0 Å². The van der Waals surface area contributed by atoms with E-state index < -0.39 is 11.0 Å². The molecule has 2 N–H and O–H groups in total. The van der Waals surface area contributed by atoms with Crippen molar-refractivity contribution < 1.29 is 19.2 Å². The van der Waals surface area contributed by atoms with Crippen molar-refractivity contribution in [3.63, 3.8) is 0 Å². The average molecular weight is 242 g/mol. The minimum absolute atomic E-state index is 0.0745. The molecular formula is C10H14N2O5. The molecule has 7 heteroatoms. The number of nitrogens with zero attached hydrogens (tertiary/aromatic N) is 1. The molecule has 0 fully saturated rings. The van der Waals surface area contributed by atoms with Gasteiger partial charge in [0, 0.05) is 6.07 Å². The van der Waals surface area contributed by atoms with E-state index >= 15 is 0 Å². The van der Waals surface area contributed by atoms with E-state index in [0.717, 1.165) is 0 Å². The molecule has 0 bridgehead atoms. The molecule has 1 aromatic carbocycles. The number of nitrogens with two attached hydrogens (primary N) is 1. The van der Waals surface area contributed by atoms with Crippen LogP contribution in [-0.2, 0) is 4.84 Å². The van der Waals surface area contributed by atoms with Gasteiger partial charge in [-0.1, -0.05) is 0 Å². The van der Waals surface area contributed by atoms with E-state index in [0.29, 0.717) is 5.56 Å². The second-order valence-electron chi connectivity index (χ2n) is 3.31.